The molecule has 9 heteroatoms. The smallest absolute Gasteiger partial charge is 0.269 e. The van der Waals surface area contributed by atoms with Gasteiger partial charge in [0.2, 0.25) is 0 Å². The molecule has 1 saturated heterocycles. The number of carbonyl (C=O) groups is 2. The molecule has 3 rings (SSSR count). The molecule has 1 fully saturated rings. The van der Waals surface area contributed by atoms with Crippen molar-refractivity contribution < 1.29 is 18.0 Å². The van der Waals surface area contributed by atoms with E-state index in [-0.39, 0.29) is 34.3 Å². The lowest BCUT2D eigenvalue weighted by molar-refractivity contribution is 0.0845. The Morgan fingerprint density at radius 2 is 2.04 bits per heavy atom. The number of nitrogens with zero attached hydrogens (tertiary/aromatic N) is 1. The number of fused-ring (bicyclic) bond motifs is 1. The van der Waals surface area contributed by atoms with Crippen LogP contribution in [-0.4, -0.2) is 50.2 Å². The van der Waals surface area contributed by atoms with Crippen LogP contribution < -0.4 is 10.6 Å². The quantitative estimate of drug-likeness (QED) is 0.806. The fraction of sp³-hybridized carbons (Fsp3) is 0.467. The maximum Gasteiger partial charge on any atom is 0.269 e. The van der Waals surface area contributed by atoms with Gasteiger partial charge in [0.15, 0.2) is 0 Å². The van der Waals surface area contributed by atoms with Crippen molar-refractivity contribution in [3.63, 3.8) is 0 Å². The summed E-state index contributed by atoms with van der Waals surface area (Å²) >= 11 is 0. The Labute approximate surface area is 147 Å². The van der Waals surface area contributed by atoms with E-state index in [4.69, 9.17) is 0 Å². The average Bonchev–Trinajstić information content (AvgIpc) is 2.63. The minimum atomic E-state index is -3.88. The molecule has 0 bridgehead atoms. The highest BCUT2D eigenvalue weighted by molar-refractivity contribution is 7.90. The molecule has 0 aromatic heterocycles. The van der Waals surface area contributed by atoms with Crippen LogP contribution in [0.3, 0.4) is 0 Å². The number of hydrogen-bond donors (Lipinski definition) is 2. The lowest BCUT2D eigenvalue weighted by Crippen LogP contribution is -2.48. The molecule has 7 nitrogen and oxygen atoms in total. The van der Waals surface area contributed by atoms with Crippen molar-refractivity contribution in [2.45, 2.75) is 24.8 Å². The summed E-state index contributed by atoms with van der Waals surface area (Å²) in [7, 11) is -3.88. The van der Waals surface area contributed by atoms with Crippen LogP contribution in [0.15, 0.2) is 23.1 Å². The van der Waals surface area contributed by atoms with E-state index in [1.807, 2.05) is 0 Å². The van der Waals surface area contributed by atoms with Gasteiger partial charge in [-0.25, -0.2) is 12.7 Å². The summed E-state index contributed by atoms with van der Waals surface area (Å²) in [5.74, 6) is -0.456. The van der Waals surface area contributed by atoms with E-state index in [9.17, 15) is 18.0 Å². The van der Waals surface area contributed by atoms with Gasteiger partial charge in [0.1, 0.15) is 4.90 Å². The molecule has 2 aliphatic rings. The van der Waals surface area contributed by atoms with E-state index < -0.39 is 22.0 Å². The summed E-state index contributed by atoms with van der Waals surface area (Å²) in [4.78, 5) is 24.3. The van der Waals surface area contributed by atoms with Crippen molar-refractivity contribution >= 4 is 34.2 Å². The Balaban J connectivity index is 0.00000208. The SMILES string of the molecule is CC(C)N1C(=O)c2ccc(C(=O)NCC3CNC3)cc2S1(=O)=O.Cl. The Morgan fingerprint density at radius 1 is 1.38 bits per heavy atom. The third-order valence-corrected chi connectivity index (χ3v) is 6.10. The molecule has 132 valence electrons. The van der Waals surface area contributed by atoms with Crippen LogP contribution in [0.5, 0.6) is 0 Å². The van der Waals surface area contributed by atoms with Gasteiger partial charge in [0.05, 0.1) is 5.56 Å². The van der Waals surface area contributed by atoms with Crippen LogP contribution in [-0.2, 0) is 10.0 Å². The molecule has 2 aliphatic heterocycles. The van der Waals surface area contributed by atoms with Crippen LogP contribution in [0.1, 0.15) is 34.6 Å². The zero-order valence-electron chi connectivity index (χ0n) is 13.4. The van der Waals surface area contributed by atoms with Crippen molar-refractivity contribution in [2.24, 2.45) is 5.92 Å². The summed E-state index contributed by atoms with van der Waals surface area (Å²) in [6.45, 7) is 5.57. The molecule has 0 radical (unpaired) electrons. The van der Waals surface area contributed by atoms with Gasteiger partial charge in [0, 0.05) is 37.2 Å². The number of nitrogens with one attached hydrogen (secondary N) is 2. The van der Waals surface area contributed by atoms with Gasteiger partial charge in [-0.05, 0) is 32.0 Å². The Kier molecular flexibility index (Phi) is 5.22. The average molecular weight is 374 g/mol. The van der Waals surface area contributed by atoms with E-state index in [1.165, 1.54) is 18.2 Å². The van der Waals surface area contributed by atoms with E-state index in [1.54, 1.807) is 13.8 Å². The second-order valence-corrected chi connectivity index (χ2v) is 7.93. The molecule has 1 aromatic carbocycles. The first-order valence-electron chi connectivity index (χ1n) is 7.54. The van der Waals surface area contributed by atoms with Crippen LogP contribution >= 0.6 is 12.4 Å². The molecule has 2 heterocycles. The highest BCUT2D eigenvalue weighted by Gasteiger charge is 2.42. The first-order valence-corrected chi connectivity index (χ1v) is 8.98. The number of amides is 2. The molecule has 0 spiro atoms. The van der Waals surface area contributed by atoms with Gasteiger partial charge >= 0.3 is 0 Å². The molecule has 2 N–H and O–H groups in total. The van der Waals surface area contributed by atoms with E-state index in [2.05, 4.69) is 10.6 Å². The van der Waals surface area contributed by atoms with Crippen molar-refractivity contribution in [1.82, 2.24) is 14.9 Å². The fourth-order valence-corrected chi connectivity index (χ4v) is 4.52. The highest BCUT2D eigenvalue weighted by atomic mass is 35.5. The van der Waals surface area contributed by atoms with Crippen molar-refractivity contribution in [3.05, 3.63) is 29.3 Å². The van der Waals surface area contributed by atoms with Crippen molar-refractivity contribution in [1.29, 1.82) is 0 Å². The maximum atomic E-state index is 12.5. The summed E-state index contributed by atoms with van der Waals surface area (Å²) in [5.41, 5.74) is 0.372. The predicted molar refractivity (Wildman–Crippen MR) is 90.9 cm³/mol. The molecular weight excluding hydrogens is 354 g/mol. The Hall–Kier alpha value is -1.64. The third kappa shape index (κ3) is 3.01. The molecule has 24 heavy (non-hydrogen) atoms. The summed E-state index contributed by atoms with van der Waals surface area (Å²) < 4.78 is 25.9. The zero-order chi connectivity index (χ0) is 16.8. The summed E-state index contributed by atoms with van der Waals surface area (Å²) in [5, 5.41) is 5.91. The molecule has 0 unspecified atom stereocenters. The lowest BCUT2D eigenvalue weighted by Gasteiger charge is -2.27. The minimum absolute atomic E-state index is 0. The predicted octanol–water partition coefficient (Wildman–Crippen LogP) is 0.611. The van der Waals surface area contributed by atoms with Gasteiger partial charge in [-0.15, -0.1) is 12.4 Å². The van der Waals surface area contributed by atoms with Crippen LogP contribution in [0, 0.1) is 5.92 Å². The number of rotatable bonds is 4. The Bertz CT molecular complexity index is 775. The standard InChI is InChI=1S/C15H19N3O4S.ClH/c1-9(2)18-15(20)12-4-3-11(5-13(12)23(18,21)22)14(19)17-8-10-6-16-7-10;/h3-5,9-10,16H,6-8H2,1-2H3,(H,17,19);1H. The first kappa shape index (κ1) is 18.7. The third-order valence-electron chi connectivity index (χ3n) is 4.10. The topological polar surface area (TPSA) is 95.6 Å². The number of sulfonamides is 1. The van der Waals surface area contributed by atoms with Crippen LogP contribution in [0.25, 0.3) is 0 Å². The Morgan fingerprint density at radius 3 is 2.58 bits per heavy atom. The molecule has 1 aromatic rings. The van der Waals surface area contributed by atoms with E-state index >= 15 is 0 Å². The van der Waals surface area contributed by atoms with E-state index in [0.29, 0.717) is 12.5 Å². The number of benzene rings is 1. The van der Waals surface area contributed by atoms with Crippen molar-refractivity contribution in [3.8, 4) is 0 Å². The number of halogens is 1. The summed E-state index contributed by atoms with van der Waals surface area (Å²) in [6, 6.07) is 3.73. The largest absolute Gasteiger partial charge is 0.352 e. The van der Waals surface area contributed by atoms with Gasteiger partial charge in [-0.2, -0.15) is 0 Å². The summed E-state index contributed by atoms with van der Waals surface area (Å²) in [6.07, 6.45) is 0. The highest BCUT2D eigenvalue weighted by Crippen LogP contribution is 2.32. The van der Waals surface area contributed by atoms with Gasteiger partial charge in [0.25, 0.3) is 21.8 Å². The fourth-order valence-electron chi connectivity index (χ4n) is 2.73. The number of carbonyl (C=O) groups excluding carboxylic acids is 2. The molecule has 0 atom stereocenters. The maximum absolute atomic E-state index is 12.5. The lowest BCUT2D eigenvalue weighted by atomic mass is 10.0. The first-order chi connectivity index (χ1) is 10.8. The van der Waals surface area contributed by atoms with Gasteiger partial charge in [-0.1, -0.05) is 0 Å². The van der Waals surface area contributed by atoms with Gasteiger partial charge < -0.3 is 10.6 Å². The second kappa shape index (κ2) is 6.70. The second-order valence-electron chi connectivity index (χ2n) is 6.15. The van der Waals surface area contributed by atoms with Crippen LogP contribution in [0.4, 0.5) is 0 Å². The molecule has 0 aliphatic carbocycles. The molecule has 2 amide bonds. The molecule has 0 saturated carbocycles. The number of hydrogen-bond acceptors (Lipinski definition) is 5. The van der Waals surface area contributed by atoms with E-state index in [0.717, 1.165) is 17.4 Å². The zero-order valence-corrected chi connectivity index (χ0v) is 15.0. The van der Waals surface area contributed by atoms with Crippen molar-refractivity contribution in [2.75, 3.05) is 19.6 Å². The van der Waals surface area contributed by atoms with Gasteiger partial charge in [-0.3, -0.25) is 9.59 Å². The normalized spacial score (nSPS) is 18.8. The minimum Gasteiger partial charge on any atom is -0.352 e. The molecular formula is C15H20ClN3O4S. The monoisotopic (exact) mass is 373 g/mol. The van der Waals surface area contributed by atoms with Crippen LogP contribution in [0.2, 0.25) is 0 Å².